The Bertz CT molecular complexity index is 3100. The van der Waals surface area contributed by atoms with Crippen molar-refractivity contribution in [3.8, 4) is 0 Å². The molecular formula is C59H45NSi3. The summed E-state index contributed by atoms with van der Waals surface area (Å²) in [6.07, 6.45) is 0. The maximum Gasteiger partial charge on any atom is 0.171 e. The third-order valence-corrected chi connectivity index (χ3v) is 47.3. The first-order valence-electron chi connectivity index (χ1n) is 21.9. The van der Waals surface area contributed by atoms with Crippen LogP contribution in [0.15, 0.2) is 273 Å². The molecule has 4 heteroatoms. The van der Waals surface area contributed by atoms with E-state index >= 15 is 0 Å². The maximum absolute atomic E-state index is 6.31. The van der Waals surface area contributed by atoms with Crippen LogP contribution >= 0.6 is 0 Å². The van der Waals surface area contributed by atoms with E-state index in [-0.39, 0.29) is 0 Å². The van der Waals surface area contributed by atoms with Crippen molar-refractivity contribution in [3.05, 3.63) is 273 Å². The fourth-order valence-electron chi connectivity index (χ4n) is 11.3. The smallest absolute Gasteiger partial charge is 0.171 e. The predicted molar refractivity (Wildman–Crippen MR) is 276 cm³/mol. The molecule has 0 aliphatic carbocycles. The number of aromatic nitrogens is 1. The molecule has 0 spiro atoms. The normalized spacial score (nSPS) is 12.1. The molecule has 0 fully saturated rings. The van der Waals surface area contributed by atoms with Gasteiger partial charge in [-0.3, -0.25) is 4.98 Å². The van der Waals surface area contributed by atoms with Crippen LogP contribution in [0.2, 0.25) is 0 Å². The van der Waals surface area contributed by atoms with Gasteiger partial charge in [0.05, 0.1) is 5.52 Å². The minimum absolute atomic E-state index is 1.06. The molecule has 0 aliphatic heterocycles. The van der Waals surface area contributed by atoms with Gasteiger partial charge in [0.15, 0.2) is 7.59 Å². The van der Waals surface area contributed by atoms with E-state index < -0.39 is 22.3 Å². The molecule has 1 heterocycles. The van der Waals surface area contributed by atoms with E-state index in [2.05, 4.69) is 273 Å². The number of pyridine rings is 1. The van der Waals surface area contributed by atoms with E-state index in [0.29, 0.717) is 0 Å². The van der Waals surface area contributed by atoms with Crippen LogP contribution in [0.25, 0.3) is 32.4 Å². The highest BCUT2D eigenvalue weighted by Gasteiger charge is 2.73. The molecule has 11 aromatic rings. The SMILES string of the molecule is c1ccc([Si](c2ccccc2)(c2ccccc2)[Si](c2ccccc2)(c2ccccc2)[Si](c2ccccc2)(c2ccccc2)c2ccc3c4ccccc4c4ccccc4c3n2)cc1. The molecule has 0 N–H and O–H groups in total. The molecule has 0 amide bonds. The summed E-state index contributed by atoms with van der Waals surface area (Å²) in [6.45, 7) is 0. The lowest BCUT2D eigenvalue weighted by atomic mass is 9.97. The van der Waals surface area contributed by atoms with Gasteiger partial charge in [0.25, 0.3) is 0 Å². The molecule has 0 aliphatic rings. The molecule has 11 rings (SSSR count). The average Bonchev–Trinajstić information content (AvgIpc) is 3.38. The number of hydrogen-bond donors (Lipinski definition) is 0. The maximum atomic E-state index is 6.31. The first-order valence-corrected chi connectivity index (χ1v) is 29.9. The first kappa shape index (κ1) is 38.7. The highest BCUT2D eigenvalue weighted by atomic mass is 29.6. The third kappa shape index (κ3) is 5.83. The Morgan fingerprint density at radius 2 is 0.460 bits per heavy atom. The molecule has 0 atom stereocenters. The van der Waals surface area contributed by atoms with E-state index in [1.807, 2.05) is 0 Å². The Morgan fingerprint density at radius 3 is 0.810 bits per heavy atom. The van der Waals surface area contributed by atoms with Gasteiger partial charge < -0.3 is 0 Å². The lowest BCUT2D eigenvalue weighted by Gasteiger charge is -2.58. The number of rotatable bonds is 10. The molecule has 0 unspecified atom stereocenters. The quantitative estimate of drug-likeness (QED) is 0.0764. The highest BCUT2D eigenvalue weighted by Crippen LogP contribution is 2.36. The van der Waals surface area contributed by atoms with Gasteiger partial charge in [0, 0.05) is 16.1 Å². The Balaban J connectivity index is 1.49. The highest BCUT2D eigenvalue weighted by molar-refractivity contribution is 7.89. The number of fused-ring (bicyclic) bond motifs is 6. The molecule has 0 saturated heterocycles. The zero-order valence-electron chi connectivity index (χ0n) is 34.9. The minimum atomic E-state index is -3.55. The summed E-state index contributed by atoms with van der Waals surface area (Å²) in [5, 5.41) is 17.1. The summed E-state index contributed by atoms with van der Waals surface area (Å²) in [5.74, 6) is 0. The molecule has 0 radical (unpaired) electrons. The summed E-state index contributed by atoms with van der Waals surface area (Å²) in [5.41, 5.74) is 1.06. The van der Waals surface area contributed by atoms with Crippen LogP contribution in [0, 0.1) is 0 Å². The van der Waals surface area contributed by atoms with Gasteiger partial charge in [-0.15, -0.1) is 0 Å². The zero-order chi connectivity index (χ0) is 42.1. The van der Waals surface area contributed by atoms with Crippen molar-refractivity contribution in [1.82, 2.24) is 4.98 Å². The first-order chi connectivity index (χ1) is 31.3. The van der Waals surface area contributed by atoms with Crippen molar-refractivity contribution < 1.29 is 0 Å². The number of nitrogens with zero attached hydrogens (tertiary/aromatic N) is 1. The van der Waals surface area contributed by atoms with E-state index in [0.717, 1.165) is 5.52 Å². The van der Waals surface area contributed by atoms with Crippen LogP contribution in [0.3, 0.4) is 0 Å². The predicted octanol–water partition coefficient (Wildman–Crippen LogP) is 8.60. The van der Waals surface area contributed by atoms with E-state index in [1.165, 1.54) is 68.6 Å². The van der Waals surface area contributed by atoms with Crippen LogP contribution in [0.4, 0.5) is 0 Å². The summed E-state index contributed by atoms with van der Waals surface area (Å²) in [7, 11) is -10.5. The molecule has 63 heavy (non-hydrogen) atoms. The third-order valence-electron chi connectivity index (χ3n) is 13.5. The van der Waals surface area contributed by atoms with E-state index in [4.69, 9.17) is 4.98 Å². The van der Waals surface area contributed by atoms with Crippen LogP contribution in [0.5, 0.6) is 0 Å². The molecule has 1 nitrogen and oxygen atoms in total. The van der Waals surface area contributed by atoms with Crippen LogP contribution in [0.1, 0.15) is 0 Å². The van der Waals surface area contributed by atoms with Gasteiger partial charge in [0.1, 0.15) is 14.7 Å². The standard InChI is InChI=1S/C59H45NSi3/c1-8-26-46(27-9-1)61(47-28-10-2-11-29-47,48-30-12-3-13-31-48)63(51-36-18-6-19-37-51,52-38-20-7-21-39-52)62(49-32-14-4-15-33-49,50-34-16-5-17-35-50)58-45-44-57-55-42-23-22-40-53(55)54-41-24-25-43-56(54)59(57)60-58/h1-45H. The minimum Gasteiger partial charge on any atom is -0.256 e. The van der Waals surface area contributed by atoms with Crippen LogP contribution < -0.4 is 41.6 Å². The lowest BCUT2D eigenvalue weighted by Crippen LogP contribution is -3.04. The molecule has 1 aromatic heterocycles. The number of benzene rings is 10. The Morgan fingerprint density at radius 1 is 0.206 bits per heavy atom. The Hall–Kier alpha value is -7.22. The average molecular weight is 852 g/mol. The molecule has 0 saturated carbocycles. The number of hydrogen-bond acceptors (Lipinski definition) is 1. The topological polar surface area (TPSA) is 12.9 Å². The van der Waals surface area contributed by atoms with Gasteiger partial charge >= 0.3 is 0 Å². The Labute approximate surface area is 372 Å². The fourth-order valence-corrected chi connectivity index (χ4v) is 56.1. The van der Waals surface area contributed by atoms with Crippen LogP contribution in [-0.4, -0.2) is 27.3 Å². The van der Waals surface area contributed by atoms with E-state index in [9.17, 15) is 0 Å². The van der Waals surface area contributed by atoms with Gasteiger partial charge in [-0.25, -0.2) is 0 Å². The zero-order valence-corrected chi connectivity index (χ0v) is 37.9. The van der Waals surface area contributed by atoms with Crippen molar-refractivity contribution >= 4 is 96.4 Å². The summed E-state index contributed by atoms with van der Waals surface area (Å²) in [6, 6.07) is 104. The van der Waals surface area contributed by atoms with Crippen LogP contribution in [-0.2, 0) is 0 Å². The fraction of sp³-hybridized carbons (Fsp3) is 0. The van der Waals surface area contributed by atoms with E-state index in [1.54, 1.807) is 0 Å². The second kappa shape index (κ2) is 16.2. The van der Waals surface area contributed by atoms with Crippen molar-refractivity contribution in [1.29, 1.82) is 0 Å². The Kier molecular flexibility index (Phi) is 9.97. The van der Waals surface area contributed by atoms with Gasteiger partial charge in [-0.05, 0) is 32.6 Å². The van der Waals surface area contributed by atoms with Gasteiger partial charge in [0.2, 0.25) is 0 Å². The molecule has 10 aromatic carbocycles. The molecule has 298 valence electrons. The van der Waals surface area contributed by atoms with Crippen molar-refractivity contribution in [2.75, 3.05) is 0 Å². The lowest BCUT2D eigenvalue weighted by molar-refractivity contribution is 1.48. The van der Waals surface area contributed by atoms with Crippen molar-refractivity contribution in [3.63, 3.8) is 0 Å². The second-order valence-electron chi connectivity index (χ2n) is 16.5. The monoisotopic (exact) mass is 851 g/mol. The second-order valence-corrected chi connectivity index (χ2v) is 36.0. The van der Waals surface area contributed by atoms with Crippen molar-refractivity contribution in [2.45, 2.75) is 0 Å². The summed E-state index contributed by atoms with van der Waals surface area (Å²) < 4.78 is 0. The largest absolute Gasteiger partial charge is 0.256 e. The molecule has 0 bridgehead atoms. The van der Waals surface area contributed by atoms with Gasteiger partial charge in [-0.2, -0.15) is 0 Å². The molecular weight excluding hydrogens is 807 g/mol. The van der Waals surface area contributed by atoms with Crippen molar-refractivity contribution in [2.24, 2.45) is 0 Å². The summed E-state index contributed by atoms with van der Waals surface area (Å²) in [4.78, 5) is 6.31. The summed E-state index contributed by atoms with van der Waals surface area (Å²) >= 11 is 0. The van der Waals surface area contributed by atoms with Gasteiger partial charge in [-0.1, -0.05) is 293 Å².